The van der Waals surface area contributed by atoms with Crippen LogP contribution in [0.3, 0.4) is 0 Å². The molecule has 0 aromatic carbocycles. The van der Waals surface area contributed by atoms with E-state index >= 15 is 0 Å². The Morgan fingerprint density at radius 2 is 2.04 bits per heavy atom. The maximum atomic E-state index is 12.1. The molecule has 2 aliphatic heterocycles. The zero-order chi connectivity index (χ0) is 16.4. The smallest absolute Gasteiger partial charge is 0.284 e. The molecule has 1 unspecified atom stereocenters. The van der Waals surface area contributed by atoms with Gasteiger partial charge in [-0.1, -0.05) is 0 Å². The van der Waals surface area contributed by atoms with Crippen LogP contribution in [0.4, 0.5) is 5.95 Å². The summed E-state index contributed by atoms with van der Waals surface area (Å²) in [6.45, 7) is 1.56. The van der Waals surface area contributed by atoms with Gasteiger partial charge in [0, 0.05) is 0 Å². The molecule has 0 radical (unpaired) electrons. The number of rotatable bonds is 1. The standard InChI is InChI=1S/C11H10N10O2/c1-11-7(18-10(13)19-8(11)23)21(3-15-11)20-2-14-4-5(20)16-9(12)17-6(4)22/h2-3H,1H3,(H2,13,19,23)(H3,12,16,17,22). The minimum Gasteiger partial charge on any atom is -0.369 e. The van der Waals surface area contributed by atoms with Crippen LogP contribution in [0.25, 0.3) is 11.2 Å². The second kappa shape index (κ2) is 4.00. The third-order valence-electron chi connectivity index (χ3n) is 3.57. The molecule has 116 valence electrons. The summed E-state index contributed by atoms with van der Waals surface area (Å²) in [7, 11) is 0. The third-order valence-corrected chi connectivity index (χ3v) is 3.57. The average molecular weight is 314 g/mol. The Balaban J connectivity index is 1.93. The number of amidine groups is 1. The molecule has 0 bridgehead atoms. The second-order valence-corrected chi connectivity index (χ2v) is 5.08. The lowest BCUT2D eigenvalue weighted by Gasteiger charge is -2.25. The molecule has 23 heavy (non-hydrogen) atoms. The highest BCUT2D eigenvalue weighted by Crippen LogP contribution is 2.25. The van der Waals surface area contributed by atoms with Crippen LogP contribution in [0.5, 0.6) is 0 Å². The summed E-state index contributed by atoms with van der Waals surface area (Å²) >= 11 is 0. The van der Waals surface area contributed by atoms with Gasteiger partial charge in [0.2, 0.25) is 11.9 Å². The van der Waals surface area contributed by atoms with E-state index in [1.807, 2.05) is 0 Å². The van der Waals surface area contributed by atoms with Gasteiger partial charge >= 0.3 is 0 Å². The zero-order valence-corrected chi connectivity index (χ0v) is 11.8. The molecular formula is C11H10N10O2. The number of anilines is 1. The monoisotopic (exact) mass is 314 g/mol. The Bertz CT molecular complexity index is 1010. The number of amides is 1. The summed E-state index contributed by atoms with van der Waals surface area (Å²) in [5.74, 6) is -0.540. The molecule has 12 nitrogen and oxygen atoms in total. The van der Waals surface area contributed by atoms with Crippen LogP contribution in [-0.4, -0.2) is 49.2 Å². The number of nitrogens with one attached hydrogen (secondary N) is 1. The molecule has 0 saturated heterocycles. The van der Waals surface area contributed by atoms with Gasteiger partial charge in [0.1, 0.15) is 12.7 Å². The van der Waals surface area contributed by atoms with Crippen molar-refractivity contribution in [2.75, 3.05) is 10.7 Å². The molecular weight excluding hydrogens is 304 g/mol. The van der Waals surface area contributed by atoms with Crippen molar-refractivity contribution in [2.24, 2.45) is 20.7 Å². The molecule has 2 aliphatic rings. The summed E-state index contributed by atoms with van der Waals surface area (Å²) in [5.41, 5.74) is 9.65. The van der Waals surface area contributed by atoms with Gasteiger partial charge in [-0.2, -0.15) is 15.0 Å². The Labute approximate surface area is 127 Å². The molecule has 12 heteroatoms. The van der Waals surface area contributed by atoms with Crippen LogP contribution >= 0.6 is 0 Å². The van der Waals surface area contributed by atoms with Crippen LogP contribution < -0.4 is 22.0 Å². The highest BCUT2D eigenvalue weighted by Gasteiger charge is 2.48. The predicted molar refractivity (Wildman–Crippen MR) is 81.7 cm³/mol. The van der Waals surface area contributed by atoms with Crippen molar-refractivity contribution in [3.8, 4) is 0 Å². The first-order valence-electron chi connectivity index (χ1n) is 6.45. The van der Waals surface area contributed by atoms with E-state index in [4.69, 9.17) is 11.5 Å². The fraction of sp³-hybridized carbons (Fsp3) is 0.182. The third kappa shape index (κ3) is 1.62. The second-order valence-electron chi connectivity index (χ2n) is 5.08. The number of nitrogen functional groups attached to an aromatic ring is 1. The van der Waals surface area contributed by atoms with Gasteiger partial charge in [0.15, 0.2) is 22.5 Å². The normalized spacial score (nSPS) is 23.2. The van der Waals surface area contributed by atoms with Gasteiger partial charge in [-0.25, -0.2) is 19.7 Å². The van der Waals surface area contributed by atoms with Crippen LogP contribution in [-0.2, 0) is 4.79 Å². The Hall–Kier alpha value is -3.57. The number of H-pyrrole nitrogens is 1. The molecule has 0 aliphatic carbocycles. The molecule has 4 rings (SSSR count). The van der Waals surface area contributed by atoms with E-state index in [1.165, 1.54) is 22.4 Å². The molecule has 0 saturated carbocycles. The van der Waals surface area contributed by atoms with Crippen molar-refractivity contribution >= 4 is 41.2 Å². The number of hydrogen-bond acceptors (Lipinski definition) is 9. The van der Waals surface area contributed by atoms with Gasteiger partial charge in [-0.05, 0) is 6.92 Å². The van der Waals surface area contributed by atoms with Crippen LogP contribution in [0.15, 0.2) is 26.1 Å². The van der Waals surface area contributed by atoms with Crippen LogP contribution in [0, 0.1) is 0 Å². The summed E-state index contributed by atoms with van der Waals surface area (Å²) in [6, 6.07) is 0. The first-order valence-corrected chi connectivity index (χ1v) is 6.45. The molecule has 2 aromatic heterocycles. The maximum Gasteiger partial charge on any atom is 0.284 e. The van der Waals surface area contributed by atoms with Gasteiger partial charge in [0.25, 0.3) is 11.5 Å². The summed E-state index contributed by atoms with van der Waals surface area (Å²) < 4.78 is 1.40. The van der Waals surface area contributed by atoms with Crippen molar-refractivity contribution in [2.45, 2.75) is 12.5 Å². The summed E-state index contributed by atoms with van der Waals surface area (Å²) in [5, 5.41) is 1.42. The van der Waals surface area contributed by atoms with Crippen molar-refractivity contribution in [1.82, 2.24) is 19.6 Å². The molecule has 1 amide bonds. The lowest BCUT2D eigenvalue weighted by Crippen LogP contribution is -2.51. The fourth-order valence-corrected chi connectivity index (χ4v) is 2.39. The topological polar surface area (TPSA) is 173 Å². The molecule has 1 atom stereocenters. The maximum absolute atomic E-state index is 12.1. The number of nitrogens with zero attached hydrogens (tertiary/aromatic N) is 7. The quantitative estimate of drug-likeness (QED) is 0.530. The number of nitrogens with two attached hydrogens (primary N) is 2. The number of aromatic nitrogens is 4. The number of aliphatic imine (C=N–C) groups is 3. The van der Waals surface area contributed by atoms with E-state index in [0.717, 1.165) is 0 Å². The van der Waals surface area contributed by atoms with Crippen LogP contribution in [0.1, 0.15) is 6.92 Å². The van der Waals surface area contributed by atoms with E-state index in [0.29, 0.717) is 0 Å². The molecule has 0 fully saturated rings. The largest absolute Gasteiger partial charge is 0.369 e. The number of imidazole rings is 1. The molecule has 0 spiro atoms. The number of hydrogen-bond donors (Lipinski definition) is 3. The lowest BCUT2D eigenvalue weighted by molar-refractivity contribution is -0.120. The first-order chi connectivity index (χ1) is 10.9. The molecule has 4 heterocycles. The lowest BCUT2D eigenvalue weighted by atomic mass is 10.0. The Morgan fingerprint density at radius 1 is 1.26 bits per heavy atom. The van der Waals surface area contributed by atoms with E-state index in [-0.39, 0.29) is 28.9 Å². The Kier molecular flexibility index (Phi) is 2.28. The summed E-state index contributed by atoms with van der Waals surface area (Å²) in [6.07, 6.45) is 2.71. The van der Waals surface area contributed by atoms with Crippen molar-refractivity contribution < 1.29 is 4.79 Å². The summed E-state index contributed by atoms with van der Waals surface area (Å²) in [4.78, 5) is 46.2. The van der Waals surface area contributed by atoms with E-state index in [1.54, 1.807) is 6.92 Å². The Morgan fingerprint density at radius 3 is 2.83 bits per heavy atom. The van der Waals surface area contributed by atoms with Crippen LogP contribution in [0.2, 0.25) is 0 Å². The van der Waals surface area contributed by atoms with E-state index in [2.05, 4.69) is 29.9 Å². The van der Waals surface area contributed by atoms with Crippen molar-refractivity contribution in [1.29, 1.82) is 0 Å². The number of aromatic amines is 1. The molecule has 2 aromatic rings. The number of carbonyl (C=O) groups excluding carboxylic acids is 1. The van der Waals surface area contributed by atoms with Gasteiger partial charge in [-0.15, -0.1) is 0 Å². The predicted octanol–water partition coefficient (Wildman–Crippen LogP) is -2.31. The van der Waals surface area contributed by atoms with Gasteiger partial charge < -0.3 is 11.5 Å². The molecule has 5 N–H and O–H groups in total. The minimum absolute atomic E-state index is 0.0640. The number of fused-ring (bicyclic) bond motifs is 2. The minimum atomic E-state index is -1.29. The first kappa shape index (κ1) is 13.1. The zero-order valence-electron chi connectivity index (χ0n) is 11.8. The van der Waals surface area contributed by atoms with E-state index < -0.39 is 17.0 Å². The van der Waals surface area contributed by atoms with E-state index in [9.17, 15) is 9.59 Å². The highest BCUT2D eigenvalue weighted by molar-refractivity contribution is 6.30. The number of guanidine groups is 1. The van der Waals surface area contributed by atoms with Gasteiger partial charge in [0.05, 0.1) is 0 Å². The average Bonchev–Trinajstić information content (AvgIpc) is 3.02. The SMILES string of the molecule is CC12N=CN(n3cnc4c(=O)[nH]c(N)nc43)C1=NC(N)=NC2=O. The van der Waals surface area contributed by atoms with Crippen molar-refractivity contribution in [3.63, 3.8) is 0 Å². The van der Waals surface area contributed by atoms with Gasteiger partial charge in [-0.3, -0.25) is 14.6 Å². The highest BCUT2D eigenvalue weighted by atomic mass is 16.2. The fourth-order valence-electron chi connectivity index (χ4n) is 2.39. The van der Waals surface area contributed by atoms with Crippen molar-refractivity contribution in [3.05, 3.63) is 16.7 Å². The number of carbonyl (C=O) groups is 1.